The van der Waals surface area contributed by atoms with Crippen molar-refractivity contribution in [1.82, 2.24) is 5.32 Å². The number of carbonyl (C=O) groups is 2. The van der Waals surface area contributed by atoms with Crippen molar-refractivity contribution in [2.24, 2.45) is 0 Å². The van der Waals surface area contributed by atoms with E-state index < -0.39 is 6.04 Å². The highest BCUT2D eigenvalue weighted by atomic mass is 16.5. The highest BCUT2D eigenvalue weighted by Crippen LogP contribution is 2.13. The first kappa shape index (κ1) is 21.7. The molecule has 0 aromatic heterocycles. The molecule has 4 nitrogen and oxygen atoms in total. The number of ether oxygens (including phenoxy) is 1. The van der Waals surface area contributed by atoms with Gasteiger partial charge >= 0.3 is 5.97 Å². The van der Waals surface area contributed by atoms with Crippen molar-refractivity contribution >= 4 is 11.9 Å². The molecule has 0 radical (unpaired) electrons. The van der Waals surface area contributed by atoms with E-state index in [0.29, 0.717) is 12.8 Å². The van der Waals surface area contributed by atoms with Gasteiger partial charge in [0, 0.05) is 6.42 Å². The van der Waals surface area contributed by atoms with Crippen molar-refractivity contribution in [3.63, 3.8) is 0 Å². The minimum absolute atomic E-state index is 0.0672. The summed E-state index contributed by atoms with van der Waals surface area (Å²) in [4.78, 5) is 22.7. The molecule has 1 atom stereocenters. The third-order valence-corrected chi connectivity index (χ3v) is 4.78. The van der Waals surface area contributed by atoms with Crippen LogP contribution in [-0.2, 0) is 14.3 Å². The Morgan fingerprint density at radius 3 is 2.08 bits per heavy atom. The van der Waals surface area contributed by atoms with Crippen LogP contribution in [0.4, 0.5) is 0 Å². The summed E-state index contributed by atoms with van der Waals surface area (Å²) in [5.74, 6) is -0.417. The van der Waals surface area contributed by atoms with E-state index in [0.717, 1.165) is 12.8 Å². The zero-order valence-electron chi connectivity index (χ0n) is 16.1. The van der Waals surface area contributed by atoms with Gasteiger partial charge in [0.05, 0.1) is 6.26 Å². The number of esters is 1. The van der Waals surface area contributed by atoms with Gasteiger partial charge in [-0.3, -0.25) is 4.79 Å². The topological polar surface area (TPSA) is 55.4 Å². The standard InChI is InChI=1S/C21H37NO3/c1-2-3-4-5-6-7-8-9-10-11-12-13-14-15-18-25-21(24)19-16-17-20(23)22-19/h15,18-19H,2-14,16-17H2,1H3,(H,22,23)/b18-15+/t19-/m0/s1. The molecule has 0 spiro atoms. The summed E-state index contributed by atoms with van der Waals surface area (Å²) < 4.78 is 5.05. The van der Waals surface area contributed by atoms with Crippen LogP contribution in [0.15, 0.2) is 12.3 Å². The van der Waals surface area contributed by atoms with E-state index in [2.05, 4.69) is 12.2 Å². The first-order valence-corrected chi connectivity index (χ1v) is 10.4. The van der Waals surface area contributed by atoms with E-state index in [1.165, 1.54) is 76.9 Å². The van der Waals surface area contributed by atoms with Crippen molar-refractivity contribution in [2.45, 2.75) is 109 Å². The van der Waals surface area contributed by atoms with Crippen molar-refractivity contribution in [3.05, 3.63) is 12.3 Å². The lowest BCUT2D eigenvalue weighted by atomic mass is 10.0. The van der Waals surface area contributed by atoms with Crippen molar-refractivity contribution < 1.29 is 14.3 Å². The van der Waals surface area contributed by atoms with Gasteiger partial charge < -0.3 is 10.1 Å². The van der Waals surface area contributed by atoms with E-state index in [-0.39, 0.29) is 11.9 Å². The predicted molar refractivity (Wildman–Crippen MR) is 102 cm³/mol. The van der Waals surface area contributed by atoms with E-state index in [9.17, 15) is 9.59 Å². The Bertz CT molecular complexity index is 393. The van der Waals surface area contributed by atoms with Crippen LogP contribution >= 0.6 is 0 Å². The molecule has 1 fully saturated rings. The molecule has 4 heteroatoms. The highest BCUT2D eigenvalue weighted by Gasteiger charge is 2.27. The number of carbonyl (C=O) groups excluding carboxylic acids is 2. The second kappa shape index (κ2) is 15.0. The molecule has 0 aromatic rings. The number of rotatable bonds is 15. The average Bonchev–Trinajstić information content (AvgIpc) is 3.04. The molecule has 0 aromatic carbocycles. The molecule has 1 aliphatic heterocycles. The first-order valence-electron chi connectivity index (χ1n) is 10.4. The fourth-order valence-electron chi connectivity index (χ4n) is 3.16. The second-order valence-electron chi connectivity index (χ2n) is 7.15. The van der Waals surface area contributed by atoms with E-state index in [4.69, 9.17) is 4.74 Å². The van der Waals surface area contributed by atoms with Crippen LogP contribution in [0.3, 0.4) is 0 Å². The molecule has 0 aliphatic carbocycles. The summed E-state index contributed by atoms with van der Waals surface area (Å²) in [5.41, 5.74) is 0. The molecule has 25 heavy (non-hydrogen) atoms. The van der Waals surface area contributed by atoms with Crippen LogP contribution in [0.25, 0.3) is 0 Å². The Labute approximate surface area is 153 Å². The molecular weight excluding hydrogens is 314 g/mol. The monoisotopic (exact) mass is 351 g/mol. The molecule has 0 unspecified atom stereocenters. The minimum atomic E-state index is -0.455. The van der Waals surface area contributed by atoms with Gasteiger partial charge in [0.1, 0.15) is 6.04 Å². The maximum absolute atomic E-state index is 11.6. The summed E-state index contributed by atoms with van der Waals surface area (Å²) >= 11 is 0. The molecule has 0 saturated carbocycles. The number of amides is 1. The van der Waals surface area contributed by atoms with E-state index in [1.54, 1.807) is 0 Å². The smallest absolute Gasteiger partial charge is 0.333 e. The Morgan fingerprint density at radius 2 is 1.56 bits per heavy atom. The Morgan fingerprint density at radius 1 is 1.00 bits per heavy atom. The molecule has 1 rings (SSSR count). The number of unbranched alkanes of at least 4 members (excludes halogenated alkanes) is 12. The summed E-state index contributed by atoms with van der Waals surface area (Å²) in [6.45, 7) is 2.26. The lowest BCUT2D eigenvalue weighted by Gasteiger charge is -2.06. The van der Waals surface area contributed by atoms with Gasteiger partial charge in [0.25, 0.3) is 0 Å². The number of hydrogen-bond acceptors (Lipinski definition) is 3. The molecule has 1 amide bonds. The lowest BCUT2D eigenvalue weighted by molar-refractivity contribution is -0.141. The van der Waals surface area contributed by atoms with Crippen LogP contribution in [0, 0.1) is 0 Å². The van der Waals surface area contributed by atoms with Gasteiger partial charge in [-0.05, 0) is 25.3 Å². The number of allylic oxidation sites excluding steroid dienone is 1. The van der Waals surface area contributed by atoms with Crippen molar-refractivity contribution in [1.29, 1.82) is 0 Å². The molecule has 0 bridgehead atoms. The quantitative estimate of drug-likeness (QED) is 0.244. The van der Waals surface area contributed by atoms with Gasteiger partial charge in [-0.15, -0.1) is 0 Å². The normalized spacial score (nSPS) is 17.2. The molecule has 144 valence electrons. The minimum Gasteiger partial charge on any atom is -0.433 e. The Balaban J connectivity index is 1.81. The predicted octanol–water partition coefficient (Wildman–Crippen LogP) is 5.41. The van der Waals surface area contributed by atoms with Crippen LogP contribution in [0.5, 0.6) is 0 Å². The Kier molecular flexibility index (Phi) is 13.0. The zero-order chi connectivity index (χ0) is 18.2. The largest absolute Gasteiger partial charge is 0.433 e. The molecule has 1 saturated heterocycles. The summed E-state index contributed by atoms with van der Waals surface area (Å²) in [5, 5.41) is 2.61. The summed E-state index contributed by atoms with van der Waals surface area (Å²) in [6.07, 6.45) is 21.4. The van der Waals surface area contributed by atoms with Gasteiger partial charge in [-0.2, -0.15) is 0 Å². The average molecular weight is 352 g/mol. The van der Waals surface area contributed by atoms with Crippen LogP contribution in [-0.4, -0.2) is 17.9 Å². The van der Waals surface area contributed by atoms with Crippen LogP contribution in [0.1, 0.15) is 103 Å². The maximum atomic E-state index is 11.6. The summed E-state index contributed by atoms with van der Waals surface area (Å²) in [7, 11) is 0. The molecule has 1 heterocycles. The fraction of sp³-hybridized carbons (Fsp3) is 0.810. The lowest BCUT2D eigenvalue weighted by Crippen LogP contribution is -2.33. The zero-order valence-corrected chi connectivity index (χ0v) is 16.1. The molecule has 1 aliphatic rings. The van der Waals surface area contributed by atoms with E-state index in [1.807, 2.05) is 6.08 Å². The van der Waals surface area contributed by atoms with Gasteiger partial charge in [0.15, 0.2) is 0 Å². The van der Waals surface area contributed by atoms with Crippen molar-refractivity contribution in [3.8, 4) is 0 Å². The molecular formula is C21H37NO3. The Hall–Kier alpha value is -1.32. The third kappa shape index (κ3) is 11.8. The molecule has 1 N–H and O–H groups in total. The number of nitrogens with one attached hydrogen (secondary N) is 1. The third-order valence-electron chi connectivity index (χ3n) is 4.78. The van der Waals surface area contributed by atoms with Crippen LogP contribution < -0.4 is 5.32 Å². The van der Waals surface area contributed by atoms with Gasteiger partial charge in [0.2, 0.25) is 5.91 Å². The van der Waals surface area contributed by atoms with Gasteiger partial charge in [-0.1, -0.05) is 77.6 Å². The highest BCUT2D eigenvalue weighted by molar-refractivity contribution is 5.88. The van der Waals surface area contributed by atoms with Crippen LogP contribution in [0.2, 0.25) is 0 Å². The summed E-state index contributed by atoms with van der Waals surface area (Å²) in [6, 6.07) is -0.455. The first-order chi connectivity index (χ1) is 12.2. The van der Waals surface area contributed by atoms with Gasteiger partial charge in [-0.25, -0.2) is 4.79 Å². The fourth-order valence-corrected chi connectivity index (χ4v) is 3.16. The van der Waals surface area contributed by atoms with Crippen molar-refractivity contribution in [2.75, 3.05) is 0 Å². The number of hydrogen-bond donors (Lipinski definition) is 1. The SMILES string of the molecule is CCCCCCCCCCCCCC/C=C/OC(=O)[C@@H]1CCC(=O)N1. The van der Waals surface area contributed by atoms with E-state index >= 15 is 0 Å². The second-order valence-corrected chi connectivity index (χ2v) is 7.15. The maximum Gasteiger partial charge on any atom is 0.333 e.